The smallest absolute Gasteiger partial charge is 0.0991 e. The first-order chi connectivity index (χ1) is 12.3. The van der Waals surface area contributed by atoms with Gasteiger partial charge in [-0.1, -0.05) is 42.5 Å². The van der Waals surface area contributed by atoms with Gasteiger partial charge in [0.05, 0.1) is 6.33 Å². The minimum Gasteiger partial charge on any atom is -0.330 e. The summed E-state index contributed by atoms with van der Waals surface area (Å²) in [5.74, 6) is 1.07. The molecule has 25 heavy (non-hydrogen) atoms. The zero-order valence-electron chi connectivity index (χ0n) is 14.3. The highest BCUT2D eigenvalue weighted by molar-refractivity contribution is 5.34. The predicted molar refractivity (Wildman–Crippen MR) is 101 cm³/mol. The Morgan fingerprint density at radius 1 is 1.00 bits per heavy atom. The molecule has 1 aromatic heterocycles. The lowest BCUT2D eigenvalue weighted by Crippen LogP contribution is -2.23. The molecule has 3 aromatic rings. The molecule has 2 N–H and O–H groups in total. The molecular formula is C21H24N4. The Bertz CT molecular complexity index is 781. The van der Waals surface area contributed by atoms with Crippen LogP contribution in [0.1, 0.15) is 17.0 Å². The Morgan fingerprint density at radius 2 is 1.80 bits per heavy atom. The molecule has 0 spiro atoms. The van der Waals surface area contributed by atoms with Gasteiger partial charge in [-0.3, -0.25) is 4.90 Å². The van der Waals surface area contributed by atoms with Gasteiger partial charge in [-0.2, -0.15) is 0 Å². The van der Waals surface area contributed by atoms with Crippen LogP contribution < -0.4 is 5.73 Å². The van der Waals surface area contributed by atoms with E-state index in [1.54, 1.807) is 6.20 Å². The number of rotatable bonds is 5. The van der Waals surface area contributed by atoms with Gasteiger partial charge in [0.15, 0.2) is 0 Å². The molecule has 128 valence electrons. The third-order valence-corrected chi connectivity index (χ3v) is 5.19. The minimum atomic E-state index is 0.535. The second kappa shape index (κ2) is 7.21. The minimum absolute atomic E-state index is 0.535. The molecule has 0 saturated carbocycles. The Labute approximate surface area is 148 Å². The van der Waals surface area contributed by atoms with Gasteiger partial charge in [-0.25, -0.2) is 4.98 Å². The summed E-state index contributed by atoms with van der Waals surface area (Å²) in [6.07, 6.45) is 5.59. The Kier molecular flexibility index (Phi) is 4.63. The van der Waals surface area contributed by atoms with Crippen molar-refractivity contribution in [3.8, 4) is 5.69 Å². The van der Waals surface area contributed by atoms with Crippen LogP contribution in [0.5, 0.6) is 0 Å². The van der Waals surface area contributed by atoms with Crippen LogP contribution in [0.3, 0.4) is 0 Å². The summed E-state index contributed by atoms with van der Waals surface area (Å²) >= 11 is 0. The van der Waals surface area contributed by atoms with Gasteiger partial charge >= 0.3 is 0 Å². The van der Waals surface area contributed by atoms with Crippen molar-refractivity contribution in [1.29, 1.82) is 0 Å². The molecular weight excluding hydrogens is 308 g/mol. The molecule has 4 rings (SSSR count). The van der Waals surface area contributed by atoms with Crippen molar-refractivity contribution in [2.45, 2.75) is 12.5 Å². The summed E-state index contributed by atoms with van der Waals surface area (Å²) in [6, 6.07) is 19.5. The summed E-state index contributed by atoms with van der Waals surface area (Å²) in [5, 5.41) is 0. The molecule has 4 heteroatoms. The van der Waals surface area contributed by atoms with E-state index in [4.69, 9.17) is 5.73 Å². The summed E-state index contributed by atoms with van der Waals surface area (Å²) < 4.78 is 2.02. The Morgan fingerprint density at radius 3 is 2.48 bits per heavy atom. The van der Waals surface area contributed by atoms with Crippen LogP contribution >= 0.6 is 0 Å². The van der Waals surface area contributed by atoms with Crippen molar-refractivity contribution >= 4 is 0 Å². The van der Waals surface area contributed by atoms with Crippen molar-refractivity contribution in [2.24, 2.45) is 11.7 Å². The summed E-state index contributed by atoms with van der Waals surface area (Å²) in [4.78, 5) is 6.63. The van der Waals surface area contributed by atoms with Crippen molar-refractivity contribution in [3.63, 3.8) is 0 Å². The number of hydrogen-bond acceptors (Lipinski definition) is 3. The first-order valence-corrected chi connectivity index (χ1v) is 8.88. The average molecular weight is 332 g/mol. The summed E-state index contributed by atoms with van der Waals surface area (Å²) in [5.41, 5.74) is 9.95. The largest absolute Gasteiger partial charge is 0.330 e. The predicted octanol–water partition coefficient (Wildman–Crippen LogP) is 3.05. The number of hydrogen-bond donors (Lipinski definition) is 1. The number of likely N-dealkylation sites (tertiary alicyclic amines) is 1. The lowest BCUT2D eigenvalue weighted by atomic mass is 9.89. The zero-order valence-corrected chi connectivity index (χ0v) is 14.3. The maximum atomic E-state index is 6.06. The van der Waals surface area contributed by atoms with E-state index >= 15 is 0 Å². The van der Waals surface area contributed by atoms with Crippen LogP contribution in [0.15, 0.2) is 73.3 Å². The molecule has 2 atom stereocenters. The molecule has 0 unspecified atom stereocenters. The van der Waals surface area contributed by atoms with Crippen LogP contribution in [-0.2, 0) is 6.54 Å². The fraction of sp³-hybridized carbons (Fsp3) is 0.286. The quantitative estimate of drug-likeness (QED) is 0.781. The molecule has 1 aliphatic rings. The maximum absolute atomic E-state index is 6.06. The highest BCUT2D eigenvalue weighted by Gasteiger charge is 2.32. The van der Waals surface area contributed by atoms with Crippen LogP contribution in [-0.4, -0.2) is 34.1 Å². The second-order valence-corrected chi connectivity index (χ2v) is 6.84. The number of benzene rings is 2. The van der Waals surface area contributed by atoms with Gasteiger partial charge in [0.25, 0.3) is 0 Å². The molecule has 0 bridgehead atoms. The van der Waals surface area contributed by atoms with Gasteiger partial charge in [0.1, 0.15) is 0 Å². The van der Waals surface area contributed by atoms with Crippen molar-refractivity contribution in [1.82, 2.24) is 14.5 Å². The first-order valence-electron chi connectivity index (χ1n) is 8.88. The molecule has 0 amide bonds. The maximum Gasteiger partial charge on any atom is 0.0991 e. The van der Waals surface area contributed by atoms with E-state index in [2.05, 4.69) is 64.5 Å². The molecule has 1 fully saturated rings. The van der Waals surface area contributed by atoms with Crippen LogP contribution in [0, 0.1) is 5.92 Å². The van der Waals surface area contributed by atoms with E-state index in [9.17, 15) is 0 Å². The third-order valence-electron chi connectivity index (χ3n) is 5.19. The normalized spacial score (nSPS) is 20.8. The second-order valence-electron chi connectivity index (χ2n) is 6.84. The fourth-order valence-electron chi connectivity index (χ4n) is 3.85. The molecule has 2 aromatic carbocycles. The number of aromatic nitrogens is 2. The molecule has 1 aliphatic heterocycles. The standard InChI is InChI=1S/C21H24N4/c22-12-19-14-24(15-21(19)18-4-2-1-3-5-18)13-17-6-8-20(9-7-17)25-11-10-23-16-25/h1-11,16,19,21H,12-15,22H2/t19-,21+/m1/s1. The fourth-order valence-corrected chi connectivity index (χ4v) is 3.85. The lowest BCUT2D eigenvalue weighted by Gasteiger charge is -2.17. The van der Waals surface area contributed by atoms with Crippen molar-refractivity contribution in [3.05, 3.63) is 84.4 Å². The molecule has 1 saturated heterocycles. The SMILES string of the molecule is NC[C@@H]1CN(Cc2ccc(-n3ccnc3)cc2)C[C@H]1c1ccccc1. The third kappa shape index (κ3) is 3.50. The van der Waals surface area contributed by atoms with Crippen LogP contribution in [0.2, 0.25) is 0 Å². The van der Waals surface area contributed by atoms with Gasteiger partial charge in [-0.05, 0) is 35.7 Å². The molecule has 0 aliphatic carbocycles. The van der Waals surface area contributed by atoms with Gasteiger partial charge in [0.2, 0.25) is 0 Å². The van der Waals surface area contributed by atoms with E-state index in [-0.39, 0.29) is 0 Å². The van der Waals surface area contributed by atoms with E-state index < -0.39 is 0 Å². The Hall–Kier alpha value is -2.43. The summed E-state index contributed by atoms with van der Waals surface area (Å²) in [6.45, 7) is 3.87. The van der Waals surface area contributed by atoms with Crippen LogP contribution in [0.25, 0.3) is 5.69 Å². The van der Waals surface area contributed by atoms with Crippen LogP contribution in [0.4, 0.5) is 0 Å². The van der Waals surface area contributed by atoms with Gasteiger partial charge in [-0.15, -0.1) is 0 Å². The van der Waals surface area contributed by atoms with E-state index in [1.807, 2.05) is 17.1 Å². The highest BCUT2D eigenvalue weighted by atomic mass is 15.2. The first kappa shape index (κ1) is 16.1. The average Bonchev–Trinajstić information content (AvgIpc) is 3.33. The highest BCUT2D eigenvalue weighted by Crippen LogP contribution is 2.32. The van der Waals surface area contributed by atoms with E-state index in [1.165, 1.54) is 11.1 Å². The topological polar surface area (TPSA) is 47.1 Å². The molecule has 4 nitrogen and oxygen atoms in total. The van der Waals surface area contributed by atoms with Gasteiger partial charge in [0, 0.05) is 43.6 Å². The Balaban J connectivity index is 1.44. The number of nitrogens with two attached hydrogens (primary N) is 1. The van der Waals surface area contributed by atoms with Crippen molar-refractivity contribution < 1.29 is 0 Å². The zero-order chi connectivity index (χ0) is 17.1. The lowest BCUT2D eigenvalue weighted by molar-refractivity contribution is 0.317. The number of nitrogens with zero attached hydrogens (tertiary/aromatic N) is 3. The monoisotopic (exact) mass is 332 g/mol. The number of imidazole rings is 1. The van der Waals surface area contributed by atoms with E-state index in [0.29, 0.717) is 11.8 Å². The molecule has 2 heterocycles. The van der Waals surface area contributed by atoms with E-state index in [0.717, 1.165) is 31.9 Å². The molecule has 0 radical (unpaired) electrons. The summed E-state index contributed by atoms with van der Waals surface area (Å²) in [7, 11) is 0. The van der Waals surface area contributed by atoms with Gasteiger partial charge < -0.3 is 10.3 Å². The van der Waals surface area contributed by atoms with Crippen molar-refractivity contribution in [2.75, 3.05) is 19.6 Å².